The third-order valence-electron chi connectivity index (χ3n) is 21.7. The average Bonchev–Trinajstić information content (AvgIpc) is 1.59. The molecular weight excluding hydrogens is 1300 g/mol. The number of urea groups is 1. The summed E-state index contributed by atoms with van der Waals surface area (Å²) in [7, 11) is 0. The van der Waals surface area contributed by atoms with Gasteiger partial charge in [-0.15, -0.1) is 0 Å². The lowest BCUT2D eigenvalue weighted by molar-refractivity contribution is -0.143. The van der Waals surface area contributed by atoms with E-state index in [2.05, 4.69) is 139 Å². The van der Waals surface area contributed by atoms with Crippen molar-refractivity contribution < 1.29 is 19.2 Å². The van der Waals surface area contributed by atoms with Crippen LogP contribution in [0.2, 0.25) is 10.0 Å². The number of carbonyl (C=O) groups is 4. The van der Waals surface area contributed by atoms with E-state index in [4.69, 9.17) is 38.9 Å². The van der Waals surface area contributed by atoms with Gasteiger partial charge in [-0.1, -0.05) is 76.9 Å². The number of amides is 5. The van der Waals surface area contributed by atoms with Crippen LogP contribution >= 0.6 is 55.1 Å². The number of aromatic nitrogens is 2. The summed E-state index contributed by atoms with van der Waals surface area (Å²) >= 11 is 20.2. The van der Waals surface area contributed by atoms with Crippen LogP contribution in [0.25, 0.3) is 0 Å². The molecule has 8 heterocycles. The summed E-state index contributed by atoms with van der Waals surface area (Å²) in [6.07, 6.45) is 16.9. The number of hydrogen-bond acceptors (Lipinski definition) is 10. The van der Waals surface area contributed by atoms with Gasteiger partial charge in [0, 0.05) is 167 Å². The first-order valence-corrected chi connectivity index (χ1v) is 36.0. The van der Waals surface area contributed by atoms with Crippen molar-refractivity contribution >= 4 is 78.8 Å². The molecule has 15 nitrogen and oxygen atoms in total. The minimum atomic E-state index is -0.353. The van der Waals surface area contributed by atoms with E-state index >= 15 is 0 Å². The Bertz CT molecular complexity index is 2900. The molecule has 2 aliphatic carbocycles. The van der Waals surface area contributed by atoms with Crippen molar-refractivity contribution in [2.45, 2.75) is 175 Å². The molecular formula is C71H97Br2Cl2N11O4. The number of nitrogens with two attached hydrogens (primary N) is 1. The van der Waals surface area contributed by atoms with Crippen LogP contribution in [0.3, 0.4) is 0 Å². The molecule has 19 heteroatoms. The van der Waals surface area contributed by atoms with E-state index in [0.29, 0.717) is 55.8 Å². The molecule has 6 fully saturated rings. The van der Waals surface area contributed by atoms with Crippen molar-refractivity contribution in [3.8, 4) is 0 Å². The van der Waals surface area contributed by atoms with Gasteiger partial charge in [0.2, 0.25) is 17.7 Å². The first kappa shape index (κ1) is 67.2. The summed E-state index contributed by atoms with van der Waals surface area (Å²) < 4.78 is 2.06. The number of halogens is 4. The van der Waals surface area contributed by atoms with E-state index in [-0.39, 0.29) is 52.8 Å². The van der Waals surface area contributed by atoms with E-state index in [1.807, 2.05) is 29.4 Å². The van der Waals surface area contributed by atoms with Gasteiger partial charge >= 0.3 is 6.03 Å². The van der Waals surface area contributed by atoms with E-state index in [1.165, 1.54) is 44.8 Å². The molecule has 90 heavy (non-hydrogen) atoms. The summed E-state index contributed by atoms with van der Waals surface area (Å²) in [6, 6.07) is 18.6. The maximum Gasteiger partial charge on any atom is 0.314 e. The number of likely N-dealkylation sites (tertiary alicyclic amines) is 4. The standard InChI is InChI=1S/C36H49BrClN5O2.C35H48BrClN6O2/c1-24(44)40-13-9-25(10-14-40)19-33(45)43-18-17-42(23-32(43)36(2,3)4)30-11-15-41(16-12-30)35-31-8-7-29(38)21-26(31)5-6-27-20-28(37)22-39-34(27)35;1-35(2,3)30-22-42(16-17-43(30)31(44)18-23-8-12-41(13-9-23)34(38)45)28-10-14-40(15-11-28)33-29-7-6-27(37)20-24(29)4-5-25-19-26(36)21-39-32(25)33/h7-8,20-22,25,30,32,35H,5-6,9-19,23H2,1-4H3;6-7,19-21,23,28,30,33H,4-5,8-18,22H2,1-3H3,(H2,38,45). The van der Waals surface area contributed by atoms with Crippen LogP contribution in [-0.4, -0.2) is 189 Å². The first-order valence-electron chi connectivity index (χ1n) is 33.7. The quantitative estimate of drug-likeness (QED) is 0.181. The number of benzene rings is 2. The maximum atomic E-state index is 13.7. The molecule has 2 aromatic heterocycles. The number of carbonyl (C=O) groups excluding carboxylic acids is 4. The molecule has 0 radical (unpaired) electrons. The minimum Gasteiger partial charge on any atom is -0.351 e. The van der Waals surface area contributed by atoms with Crippen molar-refractivity contribution in [2.75, 3.05) is 91.6 Å². The number of primary amides is 1. The Morgan fingerprint density at radius 1 is 0.500 bits per heavy atom. The minimum absolute atomic E-state index is 0.00200. The van der Waals surface area contributed by atoms with Crippen LogP contribution in [0.4, 0.5) is 4.79 Å². The number of rotatable bonds is 8. The van der Waals surface area contributed by atoms with Gasteiger partial charge in [-0.2, -0.15) is 0 Å². The van der Waals surface area contributed by atoms with Crippen molar-refractivity contribution in [3.05, 3.63) is 125 Å². The second-order valence-corrected chi connectivity index (χ2v) is 32.2. The predicted molar refractivity (Wildman–Crippen MR) is 366 cm³/mol. The molecule has 0 bridgehead atoms. The van der Waals surface area contributed by atoms with Gasteiger partial charge < -0.3 is 25.3 Å². The lowest BCUT2D eigenvalue weighted by Gasteiger charge is -2.51. The Balaban J connectivity index is 0.000000185. The predicted octanol–water partition coefficient (Wildman–Crippen LogP) is 12.2. The maximum absolute atomic E-state index is 13.7. The summed E-state index contributed by atoms with van der Waals surface area (Å²) in [4.78, 5) is 79.3. The molecule has 4 atom stereocenters. The van der Waals surface area contributed by atoms with E-state index in [0.717, 1.165) is 175 Å². The fourth-order valence-electron chi connectivity index (χ4n) is 16.5. The smallest absolute Gasteiger partial charge is 0.314 e. The molecule has 4 unspecified atom stereocenters. The van der Waals surface area contributed by atoms with Crippen LogP contribution in [0, 0.1) is 22.7 Å². The molecule has 488 valence electrons. The van der Waals surface area contributed by atoms with Crippen LogP contribution in [0.15, 0.2) is 69.9 Å². The highest BCUT2D eigenvalue weighted by Crippen LogP contribution is 2.43. The van der Waals surface area contributed by atoms with Crippen molar-refractivity contribution in [3.63, 3.8) is 0 Å². The number of fused-ring (bicyclic) bond motifs is 4. The molecule has 12 rings (SSSR count). The van der Waals surface area contributed by atoms with Crippen LogP contribution in [0.1, 0.15) is 170 Å². The Morgan fingerprint density at radius 3 is 1.24 bits per heavy atom. The number of hydrogen-bond donors (Lipinski definition) is 1. The van der Waals surface area contributed by atoms with Crippen LogP contribution < -0.4 is 5.73 Å². The zero-order valence-corrected chi connectivity index (χ0v) is 59.1. The van der Waals surface area contributed by atoms with E-state index < -0.39 is 0 Å². The molecule has 0 saturated carbocycles. The van der Waals surface area contributed by atoms with Gasteiger partial charge in [0.15, 0.2) is 0 Å². The largest absolute Gasteiger partial charge is 0.351 e. The highest BCUT2D eigenvalue weighted by molar-refractivity contribution is 9.10. The van der Waals surface area contributed by atoms with Crippen molar-refractivity contribution in [1.82, 2.24) is 49.2 Å². The number of piperidine rings is 4. The van der Waals surface area contributed by atoms with Crippen LogP contribution in [-0.2, 0) is 40.1 Å². The van der Waals surface area contributed by atoms with Gasteiger partial charge in [0.05, 0.1) is 23.5 Å². The summed E-state index contributed by atoms with van der Waals surface area (Å²) in [6.45, 7) is 27.6. The zero-order valence-electron chi connectivity index (χ0n) is 54.4. The number of piperazine rings is 2. The van der Waals surface area contributed by atoms with Crippen molar-refractivity contribution in [2.24, 2.45) is 28.4 Å². The molecule has 2 aromatic carbocycles. The van der Waals surface area contributed by atoms with Gasteiger partial charge in [-0.25, -0.2) is 4.79 Å². The molecule has 5 amide bonds. The highest BCUT2D eigenvalue weighted by atomic mass is 79.9. The second-order valence-electron chi connectivity index (χ2n) is 29.5. The first-order chi connectivity index (χ1) is 42.9. The van der Waals surface area contributed by atoms with Gasteiger partial charge in [0.25, 0.3) is 0 Å². The van der Waals surface area contributed by atoms with Gasteiger partial charge in [-0.3, -0.25) is 44.0 Å². The monoisotopic (exact) mass is 1400 g/mol. The highest BCUT2D eigenvalue weighted by Gasteiger charge is 2.44. The Hall–Kier alpha value is -4.20. The fraction of sp³-hybridized carbons (Fsp3) is 0.634. The zero-order chi connectivity index (χ0) is 63.8. The fourth-order valence-corrected chi connectivity index (χ4v) is 17.6. The lowest BCUT2D eigenvalue weighted by atomic mass is 9.82. The summed E-state index contributed by atoms with van der Waals surface area (Å²) in [5.74, 6) is 1.42. The molecule has 4 aromatic rings. The third kappa shape index (κ3) is 15.6. The Morgan fingerprint density at radius 2 is 0.878 bits per heavy atom. The topological polar surface area (TPSA) is 146 Å². The van der Waals surface area contributed by atoms with E-state index in [9.17, 15) is 19.2 Å². The molecule has 6 aliphatic heterocycles. The van der Waals surface area contributed by atoms with Gasteiger partial charge in [-0.05, 0) is 201 Å². The van der Waals surface area contributed by atoms with E-state index in [1.54, 1.807) is 11.8 Å². The Kier molecular flexibility index (Phi) is 21.5. The van der Waals surface area contributed by atoms with Crippen molar-refractivity contribution in [1.29, 1.82) is 0 Å². The Labute approximate surface area is 562 Å². The summed E-state index contributed by atoms with van der Waals surface area (Å²) in [5, 5.41) is 1.60. The molecule has 8 aliphatic rings. The van der Waals surface area contributed by atoms with Crippen LogP contribution in [0.5, 0.6) is 0 Å². The van der Waals surface area contributed by atoms with Gasteiger partial charge in [0.1, 0.15) is 0 Å². The third-order valence-corrected chi connectivity index (χ3v) is 23.1. The lowest BCUT2D eigenvalue weighted by Crippen LogP contribution is -2.62. The number of pyridine rings is 2. The average molecular weight is 1400 g/mol. The SMILES string of the molecule is CC(=O)N1CCC(CC(=O)N2CCN(C3CCN(C4c5ccc(Cl)cc5CCc5cc(Br)cnc54)CC3)CC2C(C)(C)C)CC1.CC(C)(C)C1CN(C2CCN(C3c4ccc(Cl)cc4CCc4cc(Br)cnc43)CC2)CCN1C(=O)CC1CCN(C(N)=O)CC1. The molecule has 6 saturated heterocycles. The number of nitrogens with zero attached hydrogens (tertiary/aromatic N) is 10. The second kappa shape index (κ2) is 28.8. The molecule has 2 N–H and O–H groups in total. The number of aryl methyl sites for hydroxylation is 4. The normalized spacial score (nSPS) is 24.2. The molecule has 0 spiro atoms. The summed E-state index contributed by atoms with van der Waals surface area (Å²) in [5.41, 5.74) is 15.8.